The highest BCUT2D eigenvalue weighted by atomic mass is 14.9. The van der Waals surface area contributed by atoms with Gasteiger partial charge >= 0.3 is 0 Å². The number of nitrogens with zero attached hydrogens (tertiary/aromatic N) is 2. The van der Waals surface area contributed by atoms with E-state index in [9.17, 15) is 0 Å². The Morgan fingerprint density at radius 2 is 1.71 bits per heavy atom. The van der Waals surface area contributed by atoms with Crippen LogP contribution in [0.15, 0.2) is 48.5 Å². The van der Waals surface area contributed by atoms with Crippen molar-refractivity contribution in [2.75, 3.05) is 5.32 Å². The summed E-state index contributed by atoms with van der Waals surface area (Å²) in [5.74, 6) is 0. The first kappa shape index (κ1) is 14.6. The highest BCUT2D eigenvalue weighted by Gasteiger charge is 2.06. The molecule has 1 N–H and O–H groups in total. The van der Waals surface area contributed by atoms with E-state index in [1.54, 1.807) is 12.1 Å². The maximum atomic E-state index is 9.03. The van der Waals surface area contributed by atoms with Crippen molar-refractivity contribution >= 4 is 5.69 Å². The van der Waals surface area contributed by atoms with Crippen LogP contribution in [0.5, 0.6) is 0 Å². The van der Waals surface area contributed by atoms with Crippen LogP contribution in [0, 0.1) is 22.7 Å². The van der Waals surface area contributed by atoms with Crippen LogP contribution in [0.4, 0.5) is 5.69 Å². The van der Waals surface area contributed by atoms with E-state index < -0.39 is 0 Å². The average molecular weight is 275 g/mol. The van der Waals surface area contributed by atoms with Crippen LogP contribution in [0.25, 0.3) is 0 Å². The molecule has 21 heavy (non-hydrogen) atoms. The third kappa shape index (κ3) is 4.09. The van der Waals surface area contributed by atoms with Crippen molar-refractivity contribution in [2.45, 2.75) is 25.8 Å². The summed E-state index contributed by atoms with van der Waals surface area (Å²) in [4.78, 5) is 0. The molecule has 0 saturated heterocycles. The molecule has 2 rings (SSSR count). The molecule has 0 bridgehead atoms. The minimum atomic E-state index is 0.296. The van der Waals surface area contributed by atoms with Gasteiger partial charge in [0.05, 0.1) is 11.1 Å². The van der Waals surface area contributed by atoms with Crippen molar-refractivity contribution in [3.05, 3.63) is 65.2 Å². The summed E-state index contributed by atoms with van der Waals surface area (Å²) in [5, 5.41) is 21.3. The standard InChI is InChI=1S/C18H17N3/c1-14(7-8-15-5-3-2-4-6-15)21-18-10-9-16(12-19)17(11-18)13-20/h2-6,9-11,14,21H,7-8H2,1H3. The molecule has 3 nitrogen and oxygen atoms in total. The molecule has 0 aromatic heterocycles. The summed E-state index contributed by atoms with van der Waals surface area (Å²) in [6.45, 7) is 2.12. The van der Waals surface area contributed by atoms with Crippen LogP contribution >= 0.6 is 0 Å². The number of nitrogens with one attached hydrogen (secondary N) is 1. The number of benzene rings is 2. The largest absolute Gasteiger partial charge is 0.383 e. The topological polar surface area (TPSA) is 59.6 Å². The molecule has 0 heterocycles. The van der Waals surface area contributed by atoms with Gasteiger partial charge in [-0.1, -0.05) is 30.3 Å². The molecule has 2 aromatic rings. The van der Waals surface area contributed by atoms with Gasteiger partial charge in [-0.15, -0.1) is 0 Å². The second kappa shape index (κ2) is 7.12. The number of aryl methyl sites for hydroxylation is 1. The van der Waals surface area contributed by atoms with Crippen LogP contribution in [0.3, 0.4) is 0 Å². The quantitative estimate of drug-likeness (QED) is 0.901. The van der Waals surface area contributed by atoms with E-state index in [2.05, 4.69) is 30.4 Å². The molecule has 0 spiro atoms. The fourth-order valence-electron chi connectivity index (χ4n) is 2.21. The van der Waals surface area contributed by atoms with E-state index in [4.69, 9.17) is 10.5 Å². The van der Waals surface area contributed by atoms with Crippen molar-refractivity contribution in [1.82, 2.24) is 0 Å². The highest BCUT2D eigenvalue weighted by Crippen LogP contribution is 2.17. The van der Waals surface area contributed by atoms with Crippen LogP contribution < -0.4 is 5.32 Å². The lowest BCUT2D eigenvalue weighted by Gasteiger charge is -2.15. The molecule has 0 amide bonds. The fraction of sp³-hybridized carbons (Fsp3) is 0.222. The van der Waals surface area contributed by atoms with Crippen LogP contribution in [-0.2, 0) is 6.42 Å². The Bertz CT molecular complexity index is 678. The molecular formula is C18H17N3. The summed E-state index contributed by atoms with van der Waals surface area (Å²) in [6.07, 6.45) is 2.02. The van der Waals surface area contributed by atoms with Crippen LogP contribution in [0.1, 0.15) is 30.0 Å². The summed E-state index contributed by atoms with van der Waals surface area (Å²) < 4.78 is 0. The van der Waals surface area contributed by atoms with E-state index in [0.717, 1.165) is 18.5 Å². The molecule has 1 unspecified atom stereocenters. The molecule has 0 radical (unpaired) electrons. The summed E-state index contributed by atoms with van der Waals surface area (Å²) in [5.41, 5.74) is 3.03. The molecular weight excluding hydrogens is 258 g/mol. The van der Waals surface area contributed by atoms with Gasteiger partial charge in [-0.25, -0.2) is 0 Å². The third-order valence-electron chi connectivity index (χ3n) is 3.38. The van der Waals surface area contributed by atoms with Crippen molar-refractivity contribution < 1.29 is 0 Å². The van der Waals surface area contributed by atoms with Gasteiger partial charge in [0.15, 0.2) is 0 Å². The van der Waals surface area contributed by atoms with E-state index in [-0.39, 0.29) is 0 Å². The Morgan fingerprint density at radius 3 is 2.38 bits per heavy atom. The zero-order valence-corrected chi connectivity index (χ0v) is 12.0. The maximum absolute atomic E-state index is 9.03. The van der Waals surface area contributed by atoms with Gasteiger partial charge < -0.3 is 5.32 Å². The number of hydrogen-bond donors (Lipinski definition) is 1. The minimum absolute atomic E-state index is 0.296. The first-order valence-electron chi connectivity index (χ1n) is 6.97. The van der Waals surface area contributed by atoms with Gasteiger partial charge in [-0.05, 0) is 43.5 Å². The Labute approximate surface area is 125 Å². The third-order valence-corrected chi connectivity index (χ3v) is 3.38. The normalized spacial score (nSPS) is 11.2. The van der Waals surface area contributed by atoms with Gasteiger partial charge in [0.1, 0.15) is 12.1 Å². The lowest BCUT2D eigenvalue weighted by Crippen LogP contribution is -2.16. The molecule has 0 aliphatic rings. The zero-order valence-electron chi connectivity index (χ0n) is 12.0. The monoisotopic (exact) mass is 275 g/mol. The van der Waals surface area contributed by atoms with Gasteiger partial charge in [0, 0.05) is 11.7 Å². The SMILES string of the molecule is CC(CCc1ccccc1)Nc1ccc(C#N)c(C#N)c1. The number of anilines is 1. The van der Waals surface area contributed by atoms with Crippen molar-refractivity contribution in [3.8, 4) is 12.1 Å². The molecule has 0 aliphatic heterocycles. The van der Waals surface area contributed by atoms with Crippen LogP contribution in [0.2, 0.25) is 0 Å². The molecule has 3 heteroatoms. The number of hydrogen-bond acceptors (Lipinski definition) is 3. The lowest BCUT2D eigenvalue weighted by atomic mass is 10.1. The zero-order chi connectivity index (χ0) is 15.1. The Hall–Kier alpha value is -2.78. The Kier molecular flexibility index (Phi) is 4.96. The Morgan fingerprint density at radius 1 is 1.00 bits per heavy atom. The molecule has 2 aromatic carbocycles. The smallest absolute Gasteiger partial charge is 0.101 e. The highest BCUT2D eigenvalue weighted by molar-refractivity contribution is 5.56. The summed E-state index contributed by atoms with van der Waals surface area (Å²) >= 11 is 0. The number of rotatable bonds is 5. The van der Waals surface area contributed by atoms with E-state index in [1.807, 2.05) is 30.3 Å². The summed E-state index contributed by atoms with van der Waals surface area (Å²) in [7, 11) is 0. The number of nitriles is 2. The van der Waals surface area contributed by atoms with Gasteiger partial charge in [-0.2, -0.15) is 10.5 Å². The molecule has 0 aliphatic carbocycles. The lowest BCUT2D eigenvalue weighted by molar-refractivity contribution is 0.706. The molecule has 1 atom stereocenters. The average Bonchev–Trinajstić information content (AvgIpc) is 2.53. The molecule has 104 valence electrons. The van der Waals surface area contributed by atoms with Gasteiger partial charge in [-0.3, -0.25) is 0 Å². The maximum Gasteiger partial charge on any atom is 0.101 e. The fourth-order valence-corrected chi connectivity index (χ4v) is 2.21. The molecule has 0 fully saturated rings. The van der Waals surface area contributed by atoms with E-state index in [1.165, 1.54) is 5.56 Å². The second-order valence-electron chi connectivity index (χ2n) is 5.05. The van der Waals surface area contributed by atoms with E-state index in [0.29, 0.717) is 17.2 Å². The van der Waals surface area contributed by atoms with Gasteiger partial charge in [0.2, 0.25) is 0 Å². The van der Waals surface area contributed by atoms with Crippen molar-refractivity contribution in [2.24, 2.45) is 0 Å². The predicted molar refractivity (Wildman–Crippen MR) is 83.7 cm³/mol. The molecule has 0 saturated carbocycles. The van der Waals surface area contributed by atoms with Gasteiger partial charge in [0.25, 0.3) is 0 Å². The van der Waals surface area contributed by atoms with E-state index >= 15 is 0 Å². The van der Waals surface area contributed by atoms with Crippen LogP contribution in [-0.4, -0.2) is 6.04 Å². The second-order valence-corrected chi connectivity index (χ2v) is 5.05. The first-order chi connectivity index (χ1) is 10.2. The van der Waals surface area contributed by atoms with Crippen molar-refractivity contribution in [3.63, 3.8) is 0 Å². The minimum Gasteiger partial charge on any atom is -0.383 e. The van der Waals surface area contributed by atoms with Crippen molar-refractivity contribution in [1.29, 1.82) is 10.5 Å². The Balaban J connectivity index is 1.95. The summed E-state index contributed by atoms with van der Waals surface area (Å²) in [6, 6.07) is 20.0. The predicted octanol–water partition coefficient (Wildman–Crippen LogP) is 3.86. The first-order valence-corrected chi connectivity index (χ1v) is 6.97.